The fourth-order valence-corrected chi connectivity index (χ4v) is 2.62. The highest BCUT2D eigenvalue weighted by Gasteiger charge is 2.34. The fourth-order valence-electron chi connectivity index (χ4n) is 2.62. The molecule has 124 valence electrons. The standard InChI is InChI=1S/C17H21NO5/c1-22-16(20)10-9-15(19)14-8-5-11-18(14)17(21)23-12-13-6-3-2-4-7-13/h2-4,6-7,14H,5,8-12H2,1H3. The minimum absolute atomic E-state index is 0.0404. The van der Waals surface area contributed by atoms with Gasteiger partial charge < -0.3 is 9.47 Å². The maximum Gasteiger partial charge on any atom is 0.410 e. The molecule has 23 heavy (non-hydrogen) atoms. The zero-order chi connectivity index (χ0) is 16.7. The van der Waals surface area contributed by atoms with Gasteiger partial charge in [-0.3, -0.25) is 14.5 Å². The molecule has 0 aliphatic carbocycles. The molecule has 0 bridgehead atoms. The molecule has 0 radical (unpaired) electrons. The number of benzene rings is 1. The number of carbonyl (C=O) groups excluding carboxylic acids is 3. The first-order chi connectivity index (χ1) is 11.1. The van der Waals surface area contributed by atoms with Crippen molar-refractivity contribution in [3.05, 3.63) is 35.9 Å². The van der Waals surface area contributed by atoms with Gasteiger partial charge in [-0.05, 0) is 18.4 Å². The molecule has 6 heteroatoms. The van der Waals surface area contributed by atoms with E-state index in [-0.39, 0.29) is 25.2 Å². The molecule has 1 atom stereocenters. The van der Waals surface area contributed by atoms with Gasteiger partial charge in [0.2, 0.25) is 0 Å². The zero-order valence-electron chi connectivity index (χ0n) is 13.2. The lowest BCUT2D eigenvalue weighted by molar-refractivity contribution is -0.142. The van der Waals surface area contributed by atoms with Crippen LogP contribution in [0.15, 0.2) is 30.3 Å². The fraction of sp³-hybridized carbons (Fsp3) is 0.471. The van der Waals surface area contributed by atoms with E-state index in [1.165, 1.54) is 12.0 Å². The van der Waals surface area contributed by atoms with Gasteiger partial charge in [-0.2, -0.15) is 0 Å². The molecule has 0 aromatic heterocycles. The predicted octanol–water partition coefficient (Wildman–Crippen LogP) is 2.31. The SMILES string of the molecule is COC(=O)CCC(=O)C1CCCN1C(=O)OCc1ccccc1. The Morgan fingerprint density at radius 1 is 1.17 bits per heavy atom. The number of ketones is 1. The topological polar surface area (TPSA) is 72.9 Å². The second-order valence-electron chi connectivity index (χ2n) is 5.43. The number of esters is 1. The van der Waals surface area contributed by atoms with Crippen LogP contribution < -0.4 is 0 Å². The van der Waals surface area contributed by atoms with E-state index in [2.05, 4.69) is 4.74 Å². The molecule has 6 nitrogen and oxygen atoms in total. The van der Waals surface area contributed by atoms with E-state index in [4.69, 9.17) is 4.74 Å². The molecule has 1 amide bonds. The van der Waals surface area contributed by atoms with Crippen molar-refractivity contribution in [2.45, 2.75) is 38.3 Å². The second-order valence-corrected chi connectivity index (χ2v) is 5.43. The van der Waals surface area contributed by atoms with E-state index in [9.17, 15) is 14.4 Å². The Morgan fingerprint density at radius 3 is 2.61 bits per heavy atom. The summed E-state index contributed by atoms with van der Waals surface area (Å²) in [4.78, 5) is 37.0. The van der Waals surface area contributed by atoms with E-state index >= 15 is 0 Å². The molecule has 1 aliphatic heterocycles. The Kier molecular flexibility index (Phi) is 6.14. The first kappa shape index (κ1) is 17.0. The molecule has 1 heterocycles. The van der Waals surface area contributed by atoms with Crippen molar-refractivity contribution < 1.29 is 23.9 Å². The Balaban J connectivity index is 1.86. The number of carbonyl (C=O) groups is 3. The third-order valence-corrected chi connectivity index (χ3v) is 3.87. The van der Waals surface area contributed by atoms with Crippen LogP contribution in [0.3, 0.4) is 0 Å². The highest BCUT2D eigenvalue weighted by Crippen LogP contribution is 2.21. The number of hydrogen-bond donors (Lipinski definition) is 0. The van der Waals surface area contributed by atoms with Crippen LogP contribution in [0, 0.1) is 0 Å². The molecular weight excluding hydrogens is 298 g/mol. The lowest BCUT2D eigenvalue weighted by atomic mass is 10.1. The van der Waals surface area contributed by atoms with Gasteiger partial charge in [0.1, 0.15) is 6.61 Å². The number of rotatable bonds is 6. The summed E-state index contributed by atoms with van der Waals surface area (Å²) in [6, 6.07) is 8.88. The van der Waals surface area contributed by atoms with Gasteiger partial charge in [-0.15, -0.1) is 0 Å². The molecule has 2 rings (SSSR count). The van der Waals surface area contributed by atoms with Crippen molar-refractivity contribution in [1.29, 1.82) is 0 Å². The Labute approximate surface area is 135 Å². The summed E-state index contributed by atoms with van der Waals surface area (Å²) in [5.74, 6) is -0.542. The Hall–Kier alpha value is -2.37. The lowest BCUT2D eigenvalue weighted by Gasteiger charge is -2.23. The number of amides is 1. The van der Waals surface area contributed by atoms with E-state index in [0.717, 1.165) is 12.0 Å². The van der Waals surface area contributed by atoms with E-state index in [1.807, 2.05) is 30.3 Å². The summed E-state index contributed by atoms with van der Waals surface area (Å²) in [6.45, 7) is 0.682. The largest absolute Gasteiger partial charge is 0.469 e. The summed E-state index contributed by atoms with van der Waals surface area (Å²) < 4.78 is 9.81. The highest BCUT2D eigenvalue weighted by atomic mass is 16.6. The quantitative estimate of drug-likeness (QED) is 0.752. The summed E-state index contributed by atoms with van der Waals surface area (Å²) in [5.41, 5.74) is 0.897. The van der Waals surface area contributed by atoms with Gasteiger partial charge in [0, 0.05) is 13.0 Å². The first-order valence-corrected chi connectivity index (χ1v) is 7.68. The Morgan fingerprint density at radius 2 is 1.91 bits per heavy atom. The average molecular weight is 319 g/mol. The highest BCUT2D eigenvalue weighted by molar-refractivity contribution is 5.90. The minimum Gasteiger partial charge on any atom is -0.469 e. The van der Waals surface area contributed by atoms with Gasteiger partial charge >= 0.3 is 12.1 Å². The average Bonchev–Trinajstić information content (AvgIpc) is 3.08. The van der Waals surface area contributed by atoms with Gasteiger partial charge in [-0.25, -0.2) is 4.79 Å². The van der Waals surface area contributed by atoms with Crippen molar-refractivity contribution in [3.63, 3.8) is 0 Å². The van der Waals surface area contributed by atoms with Gasteiger partial charge in [-0.1, -0.05) is 30.3 Å². The van der Waals surface area contributed by atoms with Crippen LogP contribution in [0.5, 0.6) is 0 Å². The molecule has 1 aromatic carbocycles. The maximum atomic E-state index is 12.2. The lowest BCUT2D eigenvalue weighted by Crippen LogP contribution is -2.40. The van der Waals surface area contributed by atoms with Gasteiger partial charge in [0.15, 0.2) is 5.78 Å². The monoisotopic (exact) mass is 319 g/mol. The molecule has 1 unspecified atom stereocenters. The summed E-state index contributed by atoms with van der Waals surface area (Å²) in [7, 11) is 1.29. The second kappa shape index (κ2) is 8.31. The number of ether oxygens (including phenoxy) is 2. The zero-order valence-corrected chi connectivity index (χ0v) is 13.2. The van der Waals surface area contributed by atoms with Crippen molar-refractivity contribution in [3.8, 4) is 0 Å². The maximum absolute atomic E-state index is 12.2. The summed E-state index contributed by atoms with van der Waals surface area (Å²) >= 11 is 0. The van der Waals surface area contributed by atoms with Gasteiger partial charge in [0.25, 0.3) is 0 Å². The minimum atomic E-state index is -0.497. The molecule has 1 aromatic rings. The summed E-state index contributed by atoms with van der Waals surface area (Å²) in [5, 5.41) is 0. The van der Waals surface area contributed by atoms with Gasteiger partial charge in [0.05, 0.1) is 19.6 Å². The summed E-state index contributed by atoms with van der Waals surface area (Å²) in [6.07, 6.45) is 1.01. The van der Waals surface area contributed by atoms with Crippen molar-refractivity contribution in [2.75, 3.05) is 13.7 Å². The van der Waals surface area contributed by atoms with Crippen molar-refractivity contribution in [1.82, 2.24) is 4.90 Å². The molecule has 1 saturated heterocycles. The van der Waals surface area contributed by atoms with E-state index in [0.29, 0.717) is 13.0 Å². The van der Waals surface area contributed by atoms with E-state index < -0.39 is 18.1 Å². The molecular formula is C17H21NO5. The third-order valence-electron chi connectivity index (χ3n) is 3.87. The number of methoxy groups -OCH3 is 1. The van der Waals surface area contributed by atoms with Crippen molar-refractivity contribution in [2.24, 2.45) is 0 Å². The van der Waals surface area contributed by atoms with Crippen LogP contribution in [0.2, 0.25) is 0 Å². The number of nitrogens with zero attached hydrogens (tertiary/aromatic N) is 1. The molecule has 1 aliphatic rings. The molecule has 0 spiro atoms. The van der Waals surface area contributed by atoms with Crippen LogP contribution in [0.1, 0.15) is 31.2 Å². The van der Waals surface area contributed by atoms with Crippen LogP contribution in [0.25, 0.3) is 0 Å². The molecule has 0 N–H and O–H groups in total. The number of Topliss-reactive ketones (excluding diaryl/α,β-unsaturated/α-hetero) is 1. The normalized spacial score (nSPS) is 16.9. The molecule has 0 saturated carbocycles. The van der Waals surface area contributed by atoms with Crippen LogP contribution >= 0.6 is 0 Å². The van der Waals surface area contributed by atoms with Crippen LogP contribution in [0.4, 0.5) is 4.79 Å². The van der Waals surface area contributed by atoms with Crippen LogP contribution in [-0.4, -0.2) is 42.4 Å². The van der Waals surface area contributed by atoms with Crippen molar-refractivity contribution >= 4 is 17.8 Å². The Bertz CT molecular complexity index is 557. The predicted molar refractivity (Wildman–Crippen MR) is 82.6 cm³/mol. The number of likely N-dealkylation sites (tertiary alicyclic amines) is 1. The first-order valence-electron chi connectivity index (χ1n) is 7.68. The third kappa shape index (κ3) is 4.81. The van der Waals surface area contributed by atoms with Crippen LogP contribution in [-0.2, 0) is 25.7 Å². The van der Waals surface area contributed by atoms with E-state index in [1.54, 1.807) is 0 Å². The smallest absolute Gasteiger partial charge is 0.410 e. The number of hydrogen-bond acceptors (Lipinski definition) is 5. The molecule has 1 fully saturated rings.